The fourth-order valence-corrected chi connectivity index (χ4v) is 5.71. The summed E-state index contributed by atoms with van der Waals surface area (Å²) in [6, 6.07) is 10.9. The zero-order chi connectivity index (χ0) is 12.9. The van der Waals surface area contributed by atoms with Crippen LogP contribution in [0.3, 0.4) is 0 Å². The van der Waals surface area contributed by atoms with Crippen LogP contribution in [-0.2, 0) is 6.54 Å². The lowest BCUT2D eigenvalue weighted by Gasteiger charge is -2.36. The third-order valence-corrected chi connectivity index (χ3v) is 6.04. The third kappa shape index (κ3) is 2.03. The number of benzene rings is 1. The van der Waals surface area contributed by atoms with Gasteiger partial charge in [-0.25, -0.2) is 0 Å². The Balaban J connectivity index is 1.44. The van der Waals surface area contributed by atoms with Crippen molar-refractivity contribution in [3.8, 4) is 0 Å². The van der Waals surface area contributed by atoms with Crippen LogP contribution in [0.25, 0.3) is 0 Å². The van der Waals surface area contributed by atoms with E-state index in [1.807, 2.05) is 0 Å². The normalized spacial score (nSPS) is 39.4. The monoisotopic (exact) mass is 255 g/mol. The summed E-state index contributed by atoms with van der Waals surface area (Å²) in [6.07, 6.45) is 7.73. The highest BCUT2D eigenvalue weighted by Crippen LogP contribution is 2.65. The van der Waals surface area contributed by atoms with Gasteiger partial charge in [0.2, 0.25) is 0 Å². The van der Waals surface area contributed by atoms with Crippen LogP contribution in [0.1, 0.15) is 37.7 Å². The second kappa shape index (κ2) is 4.34. The molecule has 5 rings (SSSR count). The Hall–Kier alpha value is -0.820. The van der Waals surface area contributed by atoms with Gasteiger partial charge in [0.1, 0.15) is 0 Å². The number of nitrogens with zero attached hydrogens (tertiary/aromatic N) is 1. The molecule has 1 heteroatoms. The molecule has 4 saturated carbocycles. The molecule has 4 fully saturated rings. The molecule has 4 aliphatic carbocycles. The molecule has 1 aromatic rings. The molecule has 0 aliphatic heterocycles. The molecule has 19 heavy (non-hydrogen) atoms. The van der Waals surface area contributed by atoms with Gasteiger partial charge in [0.15, 0.2) is 0 Å². The van der Waals surface area contributed by atoms with Crippen molar-refractivity contribution in [3.63, 3.8) is 0 Å². The molecule has 4 bridgehead atoms. The fraction of sp³-hybridized carbons (Fsp3) is 0.667. The molecule has 0 aromatic heterocycles. The van der Waals surface area contributed by atoms with Crippen molar-refractivity contribution in [2.75, 3.05) is 13.6 Å². The van der Waals surface area contributed by atoms with Gasteiger partial charge in [-0.3, -0.25) is 0 Å². The Morgan fingerprint density at radius 1 is 1.05 bits per heavy atom. The van der Waals surface area contributed by atoms with E-state index in [0.717, 1.165) is 24.3 Å². The van der Waals surface area contributed by atoms with E-state index in [9.17, 15) is 0 Å². The minimum Gasteiger partial charge on any atom is -0.302 e. The van der Waals surface area contributed by atoms with Crippen LogP contribution in [0.5, 0.6) is 0 Å². The molecule has 0 amide bonds. The maximum atomic E-state index is 2.58. The summed E-state index contributed by atoms with van der Waals surface area (Å²) in [7, 11) is 2.32. The highest BCUT2D eigenvalue weighted by molar-refractivity contribution is 5.15. The molecule has 1 nitrogen and oxygen atoms in total. The van der Waals surface area contributed by atoms with Gasteiger partial charge >= 0.3 is 0 Å². The van der Waals surface area contributed by atoms with E-state index in [2.05, 4.69) is 42.3 Å². The maximum absolute atomic E-state index is 2.58. The zero-order valence-electron chi connectivity index (χ0n) is 12.0. The number of rotatable bonds is 4. The molecule has 102 valence electrons. The molecule has 0 spiro atoms. The first-order valence-electron chi connectivity index (χ1n) is 7.96. The van der Waals surface area contributed by atoms with E-state index in [1.165, 1.54) is 24.9 Å². The van der Waals surface area contributed by atoms with Crippen molar-refractivity contribution in [3.05, 3.63) is 35.9 Å². The topological polar surface area (TPSA) is 3.24 Å². The van der Waals surface area contributed by atoms with Gasteiger partial charge in [-0.1, -0.05) is 30.3 Å². The summed E-state index contributed by atoms with van der Waals surface area (Å²) in [5.74, 6) is 3.24. The summed E-state index contributed by atoms with van der Waals surface area (Å²) < 4.78 is 0. The van der Waals surface area contributed by atoms with Gasteiger partial charge in [-0.05, 0) is 67.9 Å². The van der Waals surface area contributed by atoms with Crippen LogP contribution in [0.4, 0.5) is 0 Å². The average molecular weight is 255 g/mol. The Bertz CT molecular complexity index is 438. The van der Waals surface area contributed by atoms with E-state index in [0.29, 0.717) is 5.41 Å². The molecule has 0 heterocycles. The van der Waals surface area contributed by atoms with Gasteiger partial charge in [-0.2, -0.15) is 0 Å². The van der Waals surface area contributed by atoms with Gasteiger partial charge in [0, 0.05) is 13.1 Å². The molecular weight excluding hydrogens is 230 g/mol. The predicted octanol–water partition coefficient (Wildman–Crippen LogP) is 3.94. The molecule has 1 aromatic carbocycles. The summed E-state index contributed by atoms with van der Waals surface area (Å²) in [5, 5.41) is 0. The Morgan fingerprint density at radius 3 is 2.42 bits per heavy atom. The largest absolute Gasteiger partial charge is 0.302 e. The highest BCUT2D eigenvalue weighted by atomic mass is 15.1. The van der Waals surface area contributed by atoms with Crippen LogP contribution in [0.15, 0.2) is 30.3 Å². The molecule has 2 atom stereocenters. The van der Waals surface area contributed by atoms with E-state index in [-0.39, 0.29) is 0 Å². The van der Waals surface area contributed by atoms with Crippen molar-refractivity contribution in [1.82, 2.24) is 4.90 Å². The van der Waals surface area contributed by atoms with Crippen molar-refractivity contribution in [2.24, 2.45) is 23.2 Å². The van der Waals surface area contributed by atoms with Crippen molar-refractivity contribution in [1.29, 1.82) is 0 Å². The lowest BCUT2D eigenvalue weighted by Crippen LogP contribution is -2.36. The fourth-order valence-electron chi connectivity index (χ4n) is 5.71. The summed E-state index contributed by atoms with van der Waals surface area (Å²) in [6.45, 7) is 2.45. The van der Waals surface area contributed by atoms with Crippen LogP contribution in [0, 0.1) is 23.2 Å². The van der Waals surface area contributed by atoms with Crippen LogP contribution < -0.4 is 0 Å². The van der Waals surface area contributed by atoms with E-state index in [4.69, 9.17) is 0 Å². The molecule has 0 saturated heterocycles. The van der Waals surface area contributed by atoms with Crippen LogP contribution >= 0.6 is 0 Å². The van der Waals surface area contributed by atoms with E-state index < -0.39 is 0 Å². The first-order valence-corrected chi connectivity index (χ1v) is 7.96. The van der Waals surface area contributed by atoms with Crippen LogP contribution in [-0.4, -0.2) is 18.5 Å². The summed E-state index contributed by atoms with van der Waals surface area (Å²) in [4.78, 5) is 2.58. The summed E-state index contributed by atoms with van der Waals surface area (Å²) >= 11 is 0. The quantitative estimate of drug-likeness (QED) is 0.787. The van der Waals surface area contributed by atoms with Crippen LogP contribution in [0.2, 0.25) is 0 Å². The number of hydrogen-bond acceptors (Lipinski definition) is 1. The molecule has 0 N–H and O–H groups in total. The Morgan fingerprint density at radius 2 is 1.74 bits per heavy atom. The second-order valence-electron chi connectivity index (χ2n) is 7.56. The van der Waals surface area contributed by atoms with Gasteiger partial charge in [0.25, 0.3) is 0 Å². The minimum absolute atomic E-state index is 0.705. The Kier molecular flexibility index (Phi) is 2.73. The SMILES string of the molecule is CN(Cc1ccccc1)CC12CC3CC(CC1C3)C2. The lowest BCUT2D eigenvalue weighted by molar-refractivity contribution is 0.125. The van der Waals surface area contributed by atoms with E-state index in [1.54, 1.807) is 19.3 Å². The summed E-state index contributed by atoms with van der Waals surface area (Å²) in [5.41, 5.74) is 2.16. The molecule has 4 aliphatic rings. The smallest absolute Gasteiger partial charge is 0.0230 e. The Labute approximate surface area is 117 Å². The molecule has 0 radical (unpaired) electrons. The average Bonchev–Trinajstić information content (AvgIpc) is 2.74. The highest BCUT2D eigenvalue weighted by Gasteiger charge is 2.57. The third-order valence-electron chi connectivity index (χ3n) is 6.04. The van der Waals surface area contributed by atoms with Gasteiger partial charge < -0.3 is 4.90 Å². The molecule has 2 unspecified atom stereocenters. The molecular formula is C18H25N. The van der Waals surface area contributed by atoms with Gasteiger partial charge in [-0.15, -0.1) is 0 Å². The first-order chi connectivity index (χ1) is 9.23. The van der Waals surface area contributed by atoms with E-state index >= 15 is 0 Å². The van der Waals surface area contributed by atoms with Crippen molar-refractivity contribution < 1.29 is 0 Å². The lowest BCUT2D eigenvalue weighted by atomic mass is 9.75. The number of hydrogen-bond donors (Lipinski definition) is 0. The standard InChI is InChI=1S/C18H25N/c1-19(12-14-5-3-2-4-6-14)13-18-10-15-7-16(11-18)9-17(18)8-15/h2-6,15-17H,7-13H2,1H3. The van der Waals surface area contributed by atoms with Crippen molar-refractivity contribution in [2.45, 2.75) is 38.6 Å². The zero-order valence-corrected chi connectivity index (χ0v) is 12.0. The minimum atomic E-state index is 0.705. The van der Waals surface area contributed by atoms with Crippen molar-refractivity contribution >= 4 is 0 Å². The first kappa shape index (κ1) is 12.0. The predicted molar refractivity (Wildman–Crippen MR) is 78.8 cm³/mol. The second-order valence-corrected chi connectivity index (χ2v) is 7.56. The van der Waals surface area contributed by atoms with Gasteiger partial charge in [0.05, 0.1) is 0 Å². The maximum Gasteiger partial charge on any atom is 0.0230 e.